The highest BCUT2D eigenvalue weighted by Crippen LogP contribution is 2.27. The van der Waals surface area contributed by atoms with Crippen LogP contribution in [0, 0.1) is 20.8 Å². The van der Waals surface area contributed by atoms with Crippen molar-refractivity contribution in [2.24, 2.45) is 0 Å². The topological polar surface area (TPSA) is 116 Å². The summed E-state index contributed by atoms with van der Waals surface area (Å²) in [5.74, 6) is 0.744. The van der Waals surface area contributed by atoms with Crippen molar-refractivity contribution in [2.75, 3.05) is 10.6 Å². The number of nitrogens with one attached hydrogen (secondary N) is 3. The zero-order valence-corrected chi connectivity index (χ0v) is 15.6. The second kappa shape index (κ2) is 6.73. The van der Waals surface area contributed by atoms with Gasteiger partial charge < -0.3 is 20.2 Å². The smallest absolute Gasteiger partial charge is 0.417 e. The van der Waals surface area contributed by atoms with Crippen LogP contribution in [0.3, 0.4) is 0 Å². The fourth-order valence-corrected chi connectivity index (χ4v) is 2.84. The number of phenolic OH excluding ortho intramolecular Hbond substituents is 1. The highest BCUT2D eigenvalue weighted by Gasteiger charge is 2.09. The van der Waals surface area contributed by atoms with E-state index < -0.39 is 5.76 Å². The van der Waals surface area contributed by atoms with Gasteiger partial charge in [0.1, 0.15) is 11.6 Å². The zero-order valence-electron chi connectivity index (χ0n) is 15.6. The number of fused-ring (bicyclic) bond motifs is 1. The molecule has 0 unspecified atom stereocenters. The number of aromatic nitrogens is 3. The number of hydrogen-bond donors (Lipinski definition) is 4. The number of oxazole rings is 1. The monoisotopic (exact) mass is 377 g/mol. The summed E-state index contributed by atoms with van der Waals surface area (Å²) in [6.07, 6.45) is 1.71. The number of rotatable bonds is 4. The highest BCUT2D eigenvalue weighted by molar-refractivity contribution is 5.78. The molecule has 0 saturated heterocycles. The van der Waals surface area contributed by atoms with Crippen molar-refractivity contribution in [3.63, 3.8) is 0 Å². The molecule has 4 N–H and O–H groups in total. The molecule has 0 saturated carbocycles. The molecule has 0 atom stereocenters. The van der Waals surface area contributed by atoms with E-state index in [9.17, 15) is 9.90 Å². The number of aromatic hydroxyl groups is 1. The first kappa shape index (κ1) is 17.6. The molecule has 142 valence electrons. The maximum Gasteiger partial charge on any atom is 0.417 e. The standard InChI is InChI=1S/C20H19N5O3/c1-10-6-14(8-16(26)12(10)3)23-19-21-9-11(2)18(25-19)22-13-4-5-17-15(7-13)24-20(27)28-17/h4-9,26H,1-3H3,(H,24,27)(H2,21,22,23,25). The second-order valence-electron chi connectivity index (χ2n) is 6.64. The predicted octanol–water partition coefficient (Wildman–Crippen LogP) is 4.03. The van der Waals surface area contributed by atoms with Crippen LogP contribution in [0.1, 0.15) is 16.7 Å². The molecule has 0 radical (unpaired) electrons. The number of H-pyrrole nitrogens is 1. The van der Waals surface area contributed by atoms with Crippen LogP contribution in [0.25, 0.3) is 11.1 Å². The Morgan fingerprint density at radius 2 is 1.86 bits per heavy atom. The van der Waals surface area contributed by atoms with Crippen molar-refractivity contribution in [2.45, 2.75) is 20.8 Å². The molecule has 8 nitrogen and oxygen atoms in total. The lowest BCUT2D eigenvalue weighted by Gasteiger charge is -2.12. The van der Waals surface area contributed by atoms with E-state index in [2.05, 4.69) is 25.6 Å². The second-order valence-corrected chi connectivity index (χ2v) is 6.64. The summed E-state index contributed by atoms with van der Waals surface area (Å²) in [5.41, 5.74) is 5.21. The predicted molar refractivity (Wildman–Crippen MR) is 108 cm³/mol. The molecule has 2 aromatic heterocycles. The van der Waals surface area contributed by atoms with Gasteiger partial charge in [0.2, 0.25) is 5.95 Å². The van der Waals surface area contributed by atoms with Gasteiger partial charge in [-0.2, -0.15) is 4.98 Å². The van der Waals surface area contributed by atoms with Crippen LogP contribution in [0.4, 0.5) is 23.1 Å². The Morgan fingerprint density at radius 3 is 2.64 bits per heavy atom. The van der Waals surface area contributed by atoms with Gasteiger partial charge >= 0.3 is 5.76 Å². The van der Waals surface area contributed by atoms with Gasteiger partial charge in [0, 0.05) is 29.2 Å². The number of nitrogens with zero attached hydrogens (tertiary/aromatic N) is 2. The Labute approximate surface area is 160 Å². The van der Waals surface area contributed by atoms with Gasteiger partial charge in [0.25, 0.3) is 0 Å². The summed E-state index contributed by atoms with van der Waals surface area (Å²) in [6.45, 7) is 5.69. The molecule has 8 heteroatoms. The van der Waals surface area contributed by atoms with Crippen molar-refractivity contribution in [3.8, 4) is 5.75 Å². The molecule has 4 aromatic rings. The molecule has 4 rings (SSSR count). The number of anilines is 4. The lowest BCUT2D eigenvalue weighted by Crippen LogP contribution is -2.03. The van der Waals surface area contributed by atoms with Crippen molar-refractivity contribution >= 4 is 34.2 Å². The molecule has 0 spiro atoms. The van der Waals surface area contributed by atoms with Crippen molar-refractivity contribution in [1.29, 1.82) is 0 Å². The zero-order chi connectivity index (χ0) is 19.8. The van der Waals surface area contributed by atoms with E-state index in [0.717, 1.165) is 22.4 Å². The molecule has 2 heterocycles. The molecule has 0 aliphatic carbocycles. The largest absolute Gasteiger partial charge is 0.508 e. The summed E-state index contributed by atoms with van der Waals surface area (Å²) in [7, 11) is 0. The highest BCUT2D eigenvalue weighted by atomic mass is 16.4. The van der Waals surface area contributed by atoms with E-state index in [-0.39, 0.29) is 5.75 Å². The Bertz CT molecular complexity index is 1220. The quantitative estimate of drug-likeness (QED) is 0.424. The number of benzene rings is 2. The number of aromatic amines is 1. The Balaban J connectivity index is 1.62. The molecular weight excluding hydrogens is 358 g/mol. The third-order valence-corrected chi connectivity index (χ3v) is 4.55. The van der Waals surface area contributed by atoms with E-state index in [0.29, 0.717) is 28.6 Å². The van der Waals surface area contributed by atoms with Gasteiger partial charge in [-0.15, -0.1) is 0 Å². The first-order valence-electron chi connectivity index (χ1n) is 8.70. The van der Waals surface area contributed by atoms with Gasteiger partial charge in [-0.25, -0.2) is 9.78 Å². The summed E-state index contributed by atoms with van der Waals surface area (Å²) < 4.78 is 5.02. The lowest BCUT2D eigenvalue weighted by atomic mass is 10.1. The van der Waals surface area contributed by atoms with Crippen LogP contribution in [0.15, 0.2) is 45.7 Å². The molecule has 0 fully saturated rings. The minimum atomic E-state index is -0.492. The normalized spacial score (nSPS) is 11.0. The van der Waals surface area contributed by atoms with E-state index in [4.69, 9.17) is 4.42 Å². The Morgan fingerprint density at radius 1 is 1.04 bits per heavy atom. The van der Waals surface area contributed by atoms with Gasteiger partial charge in [-0.05, 0) is 56.2 Å². The summed E-state index contributed by atoms with van der Waals surface area (Å²) in [5, 5.41) is 16.4. The van der Waals surface area contributed by atoms with Crippen LogP contribution in [0.5, 0.6) is 5.75 Å². The lowest BCUT2D eigenvalue weighted by molar-refractivity contribution is 0.471. The van der Waals surface area contributed by atoms with Crippen LogP contribution in [-0.2, 0) is 0 Å². The third-order valence-electron chi connectivity index (χ3n) is 4.55. The van der Waals surface area contributed by atoms with Crippen LogP contribution < -0.4 is 16.4 Å². The van der Waals surface area contributed by atoms with Crippen molar-refractivity contribution < 1.29 is 9.52 Å². The van der Waals surface area contributed by atoms with E-state index in [1.165, 1.54) is 0 Å². The SMILES string of the molecule is Cc1cnc(Nc2cc(C)c(C)c(O)c2)nc1Nc1ccc2oc(=O)[nH]c2c1. The summed E-state index contributed by atoms with van der Waals surface area (Å²) in [4.78, 5) is 22.8. The van der Waals surface area contributed by atoms with Gasteiger partial charge in [0.15, 0.2) is 5.58 Å². The summed E-state index contributed by atoms with van der Waals surface area (Å²) in [6, 6.07) is 8.85. The molecule has 0 aliphatic heterocycles. The maximum atomic E-state index is 11.3. The maximum absolute atomic E-state index is 11.3. The number of phenols is 1. The fourth-order valence-electron chi connectivity index (χ4n) is 2.84. The first-order chi connectivity index (χ1) is 13.4. The Kier molecular flexibility index (Phi) is 4.23. The molecule has 28 heavy (non-hydrogen) atoms. The van der Waals surface area contributed by atoms with Crippen LogP contribution >= 0.6 is 0 Å². The summed E-state index contributed by atoms with van der Waals surface area (Å²) >= 11 is 0. The Hall–Kier alpha value is -3.81. The molecule has 2 aromatic carbocycles. The molecule has 0 aliphatic rings. The number of hydrogen-bond acceptors (Lipinski definition) is 7. The average molecular weight is 377 g/mol. The average Bonchev–Trinajstić information content (AvgIpc) is 3.02. The van der Waals surface area contributed by atoms with E-state index in [1.807, 2.05) is 26.8 Å². The fraction of sp³-hybridized carbons (Fsp3) is 0.150. The van der Waals surface area contributed by atoms with Gasteiger partial charge in [-0.3, -0.25) is 4.98 Å². The number of aryl methyl sites for hydroxylation is 2. The molecule has 0 amide bonds. The minimum absolute atomic E-state index is 0.218. The molecular formula is C20H19N5O3. The van der Waals surface area contributed by atoms with Crippen molar-refractivity contribution in [1.82, 2.24) is 15.0 Å². The van der Waals surface area contributed by atoms with Crippen molar-refractivity contribution in [3.05, 3.63) is 63.8 Å². The van der Waals surface area contributed by atoms with E-state index in [1.54, 1.807) is 30.5 Å². The van der Waals surface area contributed by atoms with Crippen LogP contribution in [0.2, 0.25) is 0 Å². The van der Waals surface area contributed by atoms with Gasteiger partial charge in [-0.1, -0.05) is 0 Å². The first-order valence-corrected chi connectivity index (χ1v) is 8.70. The van der Waals surface area contributed by atoms with E-state index >= 15 is 0 Å². The molecule has 0 bridgehead atoms. The van der Waals surface area contributed by atoms with Crippen LogP contribution in [-0.4, -0.2) is 20.1 Å². The third kappa shape index (κ3) is 3.39. The van der Waals surface area contributed by atoms with Gasteiger partial charge in [0.05, 0.1) is 5.52 Å². The minimum Gasteiger partial charge on any atom is -0.508 e.